The number of methoxy groups -OCH3 is 1. The van der Waals surface area contributed by atoms with Crippen molar-refractivity contribution in [2.45, 2.75) is 0 Å². The molecule has 0 saturated heterocycles. The number of nitrogens with one attached hydrogen (secondary N) is 1. The summed E-state index contributed by atoms with van der Waals surface area (Å²) in [5.74, 6) is -0.406. The molecule has 0 aromatic heterocycles. The van der Waals surface area contributed by atoms with E-state index in [1.54, 1.807) is 36.4 Å². The topological polar surface area (TPSA) is 129 Å². The first-order valence-electron chi connectivity index (χ1n) is 9.71. The quantitative estimate of drug-likeness (QED) is 0.160. The van der Waals surface area contributed by atoms with Gasteiger partial charge in [0.2, 0.25) is 0 Å². The first kappa shape index (κ1) is 24.2. The van der Waals surface area contributed by atoms with Crippen LogP contribution >= 0.6 is 11.6 Å². The van der Waals surface area contributed by atoms with Crippen molar-refractivity contribution in [1.82, 2.24) is 5.43 Å². The number of esters is 1. The van der Waals surface area contributed by atoms with E-state index in [4.69, 9.17) is 25.8 Å². The minimum Gasteiger partial charge on any atom is -0.493 e. The fraction of sp³-hybridized carbons (Fsp3) is 0.0870. The first-order valence-corrected chi connectivity index (χ1v) is 10.1. The molecule has 0 saturated carbocycles. The Morgan fingerprint density at radius 1 is 1.09 bits per heavy atom. The molecule has 3 rings (SSSR count). The van der Waals surface area contributed by atoms with Gasteiger partial charge < -0.3 is 14.2 Å². The van der Waals surface area contributed by atoms with Gasteiger partial charge in [0.05, 0.1) is 28.8 Å². The van der Waals surface area contributed by atoms with Gasteiger partial charge in [0.15, 0.2) is 18.1 Å². The predicted octanol–water partition coefficient (Wildman–Crippen LogP) is 4.01. The van der Waals surface area contributed by atoms with Gasteiger partial charge in [0, 0.05) is 12.1 Å². The number of hydrogen-bond donors (Lipinski definition) is 1. The maximum absolute atomic E-state index is 12.4. The van der Waals surface area contributed by atoms with E-state index in [1.165, 1.54) is 43.7 Å². The second-order valence-electron chi connectivity index (χ2n) is 6.61. The summed E-state index contributed by atoms with van der Waals surface area (Å²) in [6, 6.07) is 16.5. The summed E-state index contributed by atoms with van der Waals surface area (Å²) in [5, 5.41) is 14.7. The van der Waals surface area contributed by atoms with Gasteiger partial charge in [0.1, 0.15) is 5.75 Å². The number of nitro groups is 1. The molecule has 1 amide bonds. The lowest BCUT2D eigenvalue weighted by atomic mass is 10.2. The van der Waals surface area contributed by atoms with Crippen molar-refractivity contribution in [3.8, 4) is 17.2 Å². The number of ether oxygens (including phenoxy) is 3. The van der Waals surface area contributed by atoms with Crippen LogP contribution in [-0.2, 0) is 4.79 Å². The monoisotopic (exact) mass is 483 g/mol. The number of benzene rings is 3. The minimum absolute atomic E-state index is 0.0820. The van der Waals surface area contributed by atoms with Gasteiger partial charge in [-0.15, -0.1) is 0 Å². The van der Waals surface area contributed by atoms with Crippen LogP contribution in [0.2, 0.25) is 5.02 Å². The van der Waals surface area contributed by atoms with Crippen LogP contribution in [0, 0.1) is 10.1 Å². The van der Waals surface area contributed by atoms with Crippen molar-refractivity contribution in [2.75, 3.05) is 13.7 Å². The molecule has 3 aromatic carbocycles. The Balaban J connectivity index is 1.55. The van der Waals surface area contributed by atoms with Crippen LogP contribution in [0.4, 0.5) is 5.69 Å². The summed E-state index contributed by atoms with van der Waals surface area (Å²) in [5.41, 5.74) is 3.00. The van der Waals surface area contributed by atoms with Crippen molar-refractivity contribution >= 4 is 35.4 Å². The second kappa shape index (κ2) is 11.4. The number of non-ortho nitro benzene ring substituents is 1. The molecular weight excluding hydrogens is 466 g/mol. The molecule has 0 fully saturated rings. The molecule has 3 aromatic rings. The Morgan fingerprint density at radius 2 is 1.82 bits per heavy atom. The summed E-state index contributed by atoms with van der Waals surface area (Å²) >= 11 is 6.02. The number of rotatable bonds is 9. The smallest absolute Gasteiger partial charge is 0.345 e. The van der Waals surface area contributed by atoms with Crippen molar-refractivity contribution in [2.24, 2.45) is 5.10 Å². The summed E-state index contributed by atoms with van der Waals surface area (Å²) < 4.78 is 15.9. The molecule has 174 valence electrons. The van der Waals surface area contributed by atoms with Crippen LogP contribution in [0.5, 0.6) is 17.2 Å². The van der Waals surface area contributed by atoms with Gasteiger partial charge in [-0.2, -0.15) is 5.10 Å². The number of carbonyl (C=O) groups excluding carboxylic acids is 2. The number of hydrogen-bond acceptors (Lipinski definition) is 8. The van der Waals surface area contributed by atoms with Gasteiger partial charge in [-0.1, -0.05) is 23.7 Å². The van der Waals surface area contributed by atoms with E-state index in [2.05, 4.69) is 10.5 Å². The average Bonchev–Trinajstić information content (AvgIpc) is 2.84. The van der Waals surface area contributed by atoms with E-state index < -0.39 is 16.8 Å². The zero-order chi connectivity index (χ0) is 24.5. The van der Waals surface area contributed by atoms with E-state index in [0.717, 1.165) is 0 Å². The molecule has 0 atom stereocenters. The fourth-order valence-corrected chi connectivity index (χ4v) is 2.87. The van der Waals surface area contributed by atoms with Gasteiger partial charge in [0.25, 0.3) is 11.6 Å². The highest BCUT2D eigenvalue weighted by Crippen LogP contribution is 2.29. The van der Waals surface area contributed by atoms with Crippen molar-refractivity contribution in [3.63, 3.8) is 0 Å². The Labute approximate surface area is 198 Å². The van der Waals surface area contributed by atoms with Crippen LogP contribution < -0.4 is 19.6 Å². The molecule has 0 radical (unpaired) electrons. The van der Waals surface area contributed by atoms with E-state index in [9.17, 15) is 19.7 Å². The number of carbonyl (C=O) groups is 2. The highest BCUT2D eigenvalue weighted by atomic mass is 35.5. The molecule has 10 nitrogen and oxygen atoms in total. The number of nitrogens with zero attached hydrogens (tertiary/aromatic N) is 2. The largest absolute Gasteiger partial charge is 0.493 e. The molecular formula is C23H18ClN3O7. The van der Waals surface area contributed by atoms with Crippen LogP contribution in [0.15, 0.2) is 71.8 Å². The number of hydrazone groups is 1. The van der Waals surface area contributed by atoms with Crippen LogP contribution in [-0.4, -0.2) is 36.7 Å². The predicted molar refractivity (Wildman–Crippen MR) is 124 cm³/mol. The zero-order valence-corrected chi connectivity index (χ0v) is 18.5. The molecule has 11 heteroatoms. The minimum atomic E-state index is -0.634. The van der Waals surface area contributed by atoms with Gasteiger partial charge in [-0.25, -0.2) is 10.2 Å². The molecule has 1 N–H and O–H groups in total. The third kappa shape index (κ3) is 6.53. The van der Waals surface area contributed by atoms with E-state index in [0.29, 0.717) is 11.3 Å². The summed E-state index contributed by atoms with van der Waals surface area (Å²) in [6.45, 7) is -0.338. The third-order valence-electron chi connectivity index (χ3n) is 4.30. The number of halogens is 1. The average molecular weight is 484 g/mol. The SMILES string of the molecule is COc1cc(C=NNC(=O)COc2ccc([N+](=O)[O-])cc2)ccc1OC(=O)c1ccccc1Cl. The lowest BCUT2D eigenvalue weighted by molar-refractivity contribution is -0.384. The first-order chi connectivity index (χ1) is 16.4. The van der Waals surface area contributed by atoms with Gasteiger partial charge in [-0.3, -0.25) is 14.9 Å². The summed E-state index contributed by atoms with van der Waals surface area (Å²) in [7, 11) is 1.42. The maximum atomic E-state index is 12.4. The Morgan fingerprint density at radius 3 is 2.50 bits per heavy atom. The lowest BCUT2D eigenvalue weighted by Gasteiger charge is -2.10. The Hall–Kier alpha value is -4.44. The second-order valence-corrected chi connectivity index (χ2v) is 7.02. The van der Waals surface area contributed by atoms with Gasteiger partial charge >= 0.3 is 5.97 Å². The molecule has 34 heavy (non-hydrogen) atoms. The third-order valence-corrected chi connectivity index (χ3v) is 4.63. The van der Waals surface area contributed by atoms with Crippen molar-refractivity contribution < 1.29 is 28.7 Å². The molecule has 0 aliphatic heterocycles. The molecule has 0 heterocycles. The molecule has 0 spiro atoms. The highest BCUT2D eigenvalue weighted by molar-refractivity contribution is 6.33. The van der Waals surface area contributed by atoms with E-state index in [-0.39, 0.29) is 34.4 Å². The van der Waals surface area contributed by atoms with Crippen molar-refractivity contribution in [3.05, 3.63) is 93.0 Å². The Kier molecular flexibility index (Phi) is 8.14. The molecule has 0 aliphatic carbocycles. The van der Waals surface area contributed by atoms with Crippen LogP contribution in [0.3, 0.4) is 0 Å². The molecule has 0 aliphatic rings. The van der Waals surface area contributed by atoms with E-state index in [1.807, 2.05) is 0 Å². The molecule has 0 unspecified atom stereocenters. The fourth-order valence-electron chi connectivity index (χ4n) is 2.65. The van der Waals surface area contributed by atoms with Crippen molar-refractivity contribution in [1.29, 1.82) is 0 Å². The van der Waals surface area contributed by atoms with Crippen LogP contribution in [0.25, 0.3) is 0 Å². The van der Waals surface area contributed by atoms with Gasteiger partial charge in [-0.05, 0) is 48.0 Å². The highest BCUT2D eigenvalue weighted by Gasteiger charge is 2.15. The standard InChI is InChI=1S/C23H18ClN3O7/c1-32-21-12-15(6-11-20(21)34-23(29)18-4-2-3-5-19(18)24)13-25-26-22(28)14-33-17-9-7-16(8-10-17)27(30)31/h2-13H,14H2,1H3,(H,26,28). The number of amides is 1. The Bertz CT molecular complexity index is 1230. The number of nitro benzene ring substituents is 1. The normalized spacial score (nSPS) is 10.5. The zero-order valence-electron chi connectivity index (χ0n) is 17.8. The molecule has 0 bridgehead atoms. The lowest BCUT2D eigenvalue weighted by Crippen LogP contribution is -2.24. The maximum Gasteiger partial charge on any atom is 0.345 e. The van der Waals surface area contributed by atoms with E-state index >= 15 is 0 Å². The van der Waals surface area contributed by atoms with Crippen LogP contribution in [0.1, 0.15) is 15.9 Å². The summed E-state index contributed by atoms with van der Waals surface area (Å²) in [4.78, 5) is 34.4. The summed E-state index contributed by atoms with van der Waals surface area (Å²) in [6.07, 6.45) is 1.37.